The number of hydrogen-bond acceptors (Lipinski definition) is 5. The number of hydrogen-bond donors (Lipinski definition) is 0. The molecule has 2 heterocycles. The molecule has 37 heavy (non-hydrogen) atoms. The van der Waals surface area contributed by atoms with Gasteiger partial charge in [0.2, 0.25) is 5.95 Å². The van der Waals surface area contributed by atoms with E-state index in [1.165, 1.54) is 12.4 Å². The van der Waals surface area contributed by atoms with Gasteiger partial charge in [0, 0.05) is 31.5 Å². The summed E-state index contributed by atoms with van der Waals surface area (Å²) in [6, 6.07) is 0.801. The average molecular weight is 530 g/mol. The van der Waals surface area contributed by atoms with Crippen molar-refractivity contribution in [2.24, 2.45) is 0 Å². The van der Waals surface area contributed by atoms with Crippen LogP contribution in [0.25, 0.3) is 0 Å². The average Bonchev–Trinajstić information content (AvgIpc) is 3.20. The summed E-state index contributed by atoms with van der Waals surface area (Å²) in [4.78, 5) is 24.5. The first kappa shape index (κ1) is 28.6. The molecule has 0 spiro atoms. The number of rotatable bonds is 5. The van der Waals surface area contributed by atoms with E-state index in [-0.39, 0.29) is 36.7 Å². The van der Waals surface area contributed by atoms with E-state index in [4.69, 9.17) is 4.74 Å². The lowest BCUT2D eigenvalue weighted by Crippen LogP contribution is -2.42. The quantitative estimate of drug-likeness (QED) is 0.419. The van der Waals surface area contributed by atoms with Gasteiger partial charge in [-0.1, -0.05) is 12.4 Å². The van der Waals surface area contributed by atoms with E-state index in [0.29, 0.717) is 25.0 Å². The van der Waals surface area contributed by atoms with Gasteiger partial charge in [-0.25, -0.2) is 14.8 Å². The zero-order valence-electron chi connectivity index (χ0n) is 21.2. The lowest BCUT2D eigenvalue weighted by Gasteiger charge is -2.30. The molecule has 0 radical (unpaired) electrons. The maximum atomic E-state index is 13.5. The summed E-state index contributed by atoms with van der Waals surface area (Å²) in [7, 11) is 1.75. The summed E-state index contributed by atoms with van der Waals surface area (Å²) in [5.41, 5.74) is -2.99. The molecule has 0 N–H and O–H groups in total. The monoisotopic (exact) mass is 530 g/mol. The van der Waals surface area contributed by atoms with Crippen molar-refractivity contribution < 1.29 is 35.9 Å². The summed E-state index contributed by atoms with van der Waals surface area (Å²) in [6.45, 7) is 6.92. The molecule has 1 unspecified atom stereocenters. The largest absolute Gasteiger partial charge is 0.444 e. The predicted octanol–water partition coefficient (Wildman–Crippen LogP) is 4.57. The minimum absolute atomic E-state index is 0.100. The third kappa shape index (κ3) is 7.29. The third-order valence-electron chi connectivity index (χ3n) is 5.96. The number of nitrogens with zero attached hydrogens (tertiary/aromatic N) is 4. The van der Waals surface area contributed by atoms with Crippen LogP contribution in [0.15, 0.2) is 30.6 Å². The Morgan fingerprint density at radius 2 is 1.59 bits per heavy atom. The first-order valence-corrected chi connectivity index (χ1v) is 11.8. The van der Waals surface area contributed by atoms with Crippen molar-refractivity contribution in [3.8, 4) is 0 Å². The Morgan fingerprint density at radius 3 is 2.05 bits per heavy atom. The van der Waals surface area contributed by atoms with Crippen molar-refractivity contribution in [1.29, 1.82) is 0 Å². The number of likely N-dealkylation sites (tertiary alicyclic amines) is 1. The summed E-state index contributed by atoms with van der Waals surface area (Å²) < 4.78 is 86.2. The van der Waals surface area contributed by atoms with Gasteiger partial charge in [-0.05, 0) is 57.4 Å². The van der Waals surface area contributed by atoms with Crippen LogP contribution in [0.2, 0.25) is 0 Å². The number of alkyl halides is 6. The highest BCUT2D eigenvalue weighted by molar-refractivity contribution is 6.31. The van der Waals surface area contributed by atoms with Gasteiger partial charge in [0.1, 0.15) is 13.4 Å². The van der Waals surface area contributed by atoms with E-state index in [0.717, 1.165) is 5.46 Å². The van der Waals surface area contributed by atoms with Gasteiger partial charge in [-0.3, -0.25) is 0 Å². The van der Waals surface area contributed by atoms with E-state index in [1.54, 1.807) is 38.4 Å². The molecule has 1 aromatic heterocycles. The van der Waals surface area contributed by atoms with Crippen LogP contribution < -0.4 is 10.4 Å². The molecule has 1 amide bonds. The molecule has 2 aromatic rings. The number of amides is 1. The Labute approximate surface area is 212 Å². The Morgan fingerprint density at radius 1 is 1.05 bits per heavy atom. The third-order valence-corrected chi connectivity index (χ3v) is 5.96. The van der Waals surface area contributed by atoms with Gasteiger partial charge >= 0.3 is 18.4 Å². The molecule has 1 aliphatic heterocycles. The van der Waals surface area contributed by atoms with Crippen LogP contribution in [-0.4, -0.2) is 53.0 Å². The van der Waals surface area contributed by atoms with Crippen LogP contribution in [0.3, 0.4) is 0 Å². The Bertz CT molecular complexity index is 1070. The fraction of sp³-hybridized carbons (Fsp3) is 0.542. The molecule has 1 saturated heterocycles. The molecule has 6 nitrogen and oxygen atoms in total. The Kier molecular flexibility index (Phi) is 8.04. The molecule has 13 heteroatoms. The standard InChI is InChI=1S/C24H29BF6N4O2/c1-5-18-9-19(13-35(18)21(36)37-22(2,3)4)34(20-32-10-17(25)11-33-20)12-14-6-15(23(26,27)28)8-16(7-14)24(29,30)31/h6-8,10-11,18-19H,5,9,12-13,25H2,1-4H3/t18?,19-/m0/s1. The highest BCUT2D eigenvalue weighted by Crippen LogP contribution is 2.37. The first-order chi connectivity index (χ1) is 17.0. The second kappa shape index (κ2) is 10.4. The summed E-state index contributed by atoms with van der Waals surface area (Å²) in [5, 5.41) is 0. The van der Waals surface area contributed by atoms with Crippen LogP contribution in [0.1, 0.15) is 57.2 Å². The van der Waals surface area contributed by atoms with Gasteiger partial charge in [0.25, 0.3) is 0 Å². The van der Waals surface area contributed by atoms with Crippen molar-refractivity contribution in [3.63, 3.8) is 0 Å². The normalized spacial score (nSPS) is 18.7. The van der Waals surface area contributed by atoms with E-state index in [9.17, 15) is 31.1 Å². The highest BCUT2D eigenvalue weighted by Gasteiger charge is 2.41. The van der Waals surface area contributed by atoms with Crippen molar-refractivity contribution in [1.82, 2.24) is 14.9 Å². The molecule has 0 saturated carbocycles. The van der Waals surface area contributed by atoms with Crippen molar-refractivity contribution >= 4 is 25.4 Å². The topological polar surface area (TPSA) is 58.6 Å². The minimum Gasteiger partial charge on any atom is -0.444 e. The lowest BCUT2D eigenvalue weighted by atomic mass is 10.0. The number of benzene rings is 1. The van der Waals surface area contributed by atoms with Gasteiger partial charge in [-0.2, -0.15) is 26.3 Å². The maximum Gasteiger partial charge on any atom is 0.416 e. The molecular formula is C24H29BF6N4O2. The van der Waals surface area contributed by atoms with Gasteiger partial charge < -0.3 is 14.5 Å². The molecule has 1 fully saturated rings. The smallest absolute Gasteiger partial charge is 0.416 e. The van der Waals surface area contributed by atoms with E-state index in [2.05, 4.69) is 9.97 Å². The van der Waals surface area contributed by atoms with Crippen LogP contribution in [0.4, 0.5) is 37.1 Å². The zero-order valence-corrected chi connectivity index (χ0v) is 21.2. The number of anilines is 1. The second-order valence-corrected chi connectivity index (χ2v) is 10.2. The fourth-order valence-corrected chi connectivity index (χ4v) is 4.25. The van der Waals surface area contributed by atoms with Crippen molar-refractivity contribution in [3.05, 3.63) is 47.3 Å². The van der Waals surface area contributed by atoms with E-state index < -0.39 is 41.2 Å². The minimum atomic E-state index is -4.96. The molecule has 1 aliphatic rings. The number of carbonyl (C=O) groups excluding carboxylic acids is 1. The number of carbonyl (C=O) groups is 1. The first-order valence-electron chi connectivity index (χ1n) is 11.8. The van der Waals surface area contributed by atoms with Crippen molar-refractivity contribution in [2.45, 2.75) is 77.1 Å². The van der Waals surface area contributed by atoms with Crippen LogP contribution >= 0.6 is 0 Å². The zero-order chi connectivity index (χ0) is 27.8. The summed E-state index contributed by atoms with van der Waals surface area (Å²) in [6.07, 6.45) is -6.44. The molecule has 0 aliphatic carbocycles. The highest BCUT2D eigenvalue weighted by atomic mass is 19.4. The second-order valence-electron chi connectivity index (χ2n) is 10.2. The SMILES string of the molecule is Bc1cnc(N(Cc2cc(C(F)(F)F)cc(C(F)(F)F)c2)[C@H]2CC(CC)N(C(=O)OC(C)(C)C)C2)nc1. The maximum absolute atomic E-state index is 13.5. The van der Waals surface area contributed by atoms with E-state index >= 15 is 0 Å². The van der Waals surface area contributed by atoms with Gasteiger partial charge in [0.05, 0.1) is 17.2 Å². The van der Waals surface area contributed by atoms with Crippen molar-refractivity contribution in [2.75, 3.05) is 11.4 Å². The van der Waals surface area contributed by atoms with Gasteiger partial charge in [0.15, 0.2) is 0 Å². The molecular weight excluding hydrogens is 501 g/mol. The van der Waals surface area contributed by atoms with E-state index in [1.807, 2.05) is 6.92 Å². The molecule has 202 valence electrons. The van der Waals surface area contributed by atoms with Gasteiger partial charge in [-0.15, -0.1) is 0 Å². The number of aromatic nitrogens is 2. The molecule has 2 atom stereocenters. The molecule has 3 rings (SSSR count). The predicted molar refractivity (Wildman–Crippen MR) is 128 cm³/mol. The van der Waals surface area contributed by atoms with Crippen LogP contribution in [-0.2, 0) is 23.6 Å². The van der Waals surface area contributed by atoms with Crippen LogP contribution in [0.5, 0.6) is 0 Å². The Balaban J connectivity index is 2.01. The summed E-state index contributed by atoms with van der Waals surface area (Å²) >= 11 is 0. The fourth-order valence-electron chi connectivity index (χ4n) is 4.25. The van der Waals surface area contributed by atoms with Crippen LogP contribution in [0, 0.1) is 0 Å². The molecule has 0 bridgehead atoms. The number of halogens is 6. The lowest BCUT2D eigenvalue weighted by molar-refractivity contribution is -0.143. The molecule has 1 aromatic carbocycles. The number of ether oxygens (including phenoxy) is 1. The summed E-state index contributed by atoms with van der Waals surface area (Å²) in [5.74, 6) is 0.141. The Hall–Kier alpha value is -2.99.